The molecule has 1 rings (SSSR count). The Morgan fingerprint density at radius 1 is 1.59 bits per heavy atom. The van der Waals surface area contributed by atoms with Crippen molar-refractivity contribution in [3.05, 3.63) is 0 Å². The molecule has 0 unspecified atom stereocenters. The minimum absolute atomic E-state index is 0. The molecule has 6 heteroatoms. The van der Waals surface area contributed by atoms with Gasteiger partial charge in [-0.15, -0.1) is 24.0 Å². The van der Waals surface area contributed by atoms with Gasteiger partial charge in [0.25, 0.3) is 0 Å². The van der Waals surface area contributed by atoms with Crippen molar-refractivity contribution in [1.82, 2.24) is 10.2 Å². The molecule has 0 saturated carbocycles. The topological polar surface area (TPSA) is 53.9 Å². The molecule has 0 aliphatic carbocycles. The lowest BCUT2D eigenvalue weighted by atomic mass is 9.98. The van der Waals surface area contributed by atoms with E-state index in [0.717, 1.165) is 25.3 Å². The van der Waals surface area contributed by atoms with E-state index in [1.807, 2.05) is 14.0 Å². The summed E-state index contributed by atoms with van der Waals surface area (Å²) in [5.74, 6) is 0.742. The molecular weight excluding hydrogens is 333 g/mol. The van der Waals surface area contributed by atoms with Gasteiger partial charge >= 0.3 is 5.97 Å². The van der Waals surface area contributed by atoms with E-state index in [0.29, 0.717) is 13.2 Å². The van der Waals surface area contributed by atoms with Crippen LogP contribution >= 0.6 is 24.0 Å². The van der Waals surface area contributed by atoms with Crippen LogP contribution in [0.1, 0.15) is 19.8 Å². The van der Waals surface area contributed by atoms with Crippen molar-refractivity contribution in [2.24, 2.45) is 10.9 Å². The first-order valence-electron chi connectivity index (χ1n) is 5.79. The molecule has 5 nitrogen and oxygen atoms in total. The number of rotatable bonds is 2. The number of nitrogens with one attached hydrogen (secondary N) is 1. The molecule has 100 valence electrons. The molecule has 0 amide bonds. The highest BCUT2D eigenvalue weighted by Gasteiger charge is 2.27. The molecule has 1 aliphatic rings. The number of hydrogen-bond acceptors (Lipinski definition) is 3. The third-order valence-corrected chi connectivity index (χ3v) is 2.78. The summed E-state index contributed by atoms with van der Waals surface area (Å²) in [5, 5.41) is 3.04. The van der Waals surface area contributed by atoms with Crippen molar-refractivity contribution >= 4 is 35.9 Å². The third-order valence-electron chi connectivity index (χ3n) is 2.78. The third kappa shape index (κ3) is 4.69. The average Bonchev–Trinajstić information content (AvgIpc) is 2.31. The molecule has 1 atom stereocenters. The molecule has 0 radical (unpaired) electrons. The maximum Gasteiger partial charge on any atom is 0.310 e. The van der Waals surface area contributed by atoms with Crippen LogP contribution in [0.5, 0.6) is 0 Å². The van der Waals surface area contributed by atoms with Crippen molar-refractivity contribution < 1.29 is 9.53 Å². The molecule has 0 aromatic carbocycles. The van der Waals surface area contributed by atoms with Crippen LogP contribution in [0.4, 0.5) is 0 Å². The monoisotopic (exact) mass is 355 g/mol. The number of nitrogens with zero attached hydrogens (tertiary/aromatic N) is 2. The molecule has 0 bridgehead atoms. The van der Waals surface area contributed by atoms with E-state index < -0.39 is 0 Å². The molecule has 1 fully saturated rings. The zero-order valence-corrected chi connectivity index (χ0v) is 13.1. The second-order valence-corrected chi connectivity index (χ2v) is 3.83. The minimum Gasteiger partial charge on any atom is -0.466 e. The van der Waals surface area contributed by atoms with Gasteiger partial charge in [0.1, 0.15) is 0 Å². The number of aliphatic imine (C=N–C) groups is 1. The van der Waals surface area contributed by atoms with Crippen LogP contribution in [-0.2, 0) is 9.53 Å². The summed E-state index contributed by atoms with van der Waals surface area (Å²) in [6.45, 7) is 3.94. The van der Waals surface area contributed by atoms with Crippen LogP contribution in [-0.4, -0.2) is 50.6 Å². The van der Waals surface area contributed by atoms with Crippen LogP contribution in [0, 0.1) is 5.92 Å². The number of halogens is 1. The summed E-state index contributed by atoms with van der Waals surface area (Å²) in [6, 6.07) is 0. The van der Waals surface area contributed by atoms with Gasteiger partial charge < -0.3 is 15.0 Å². The fraction of sp³-hybridized carbons (Fsp3) is 0.818. The maximum atomic E-state index is 11.6. The van der Waals surface area contributed by atoms with E-state index in [2.05, 4.69) is 15.2 Å². The summed E-state index contributed by atoms with van der Waals surface area (Å²) >= 11 is 0. The Labute approximate surface area is 120 Å². The number of carbonyl (C=O) groups is 1. The first-order valence-corrected chi connectivity index (χ1v) is 5.79. The Hall–Kier alpha value is -0.530. The predicted octanol–water partition coefficient (Wildman–Crippen LogP) is 1.08. The zero-order valence-electron chi connectivity index (χ0n) is 10.7. The second kappa shape index (κ2) is 8.54. The molecule has 0 spiro atoms. The lowest BCUT2D eigenvalue weighted by molar-refractivity contribution is -0.149. The second-order valence-electron chi connectivity index (χ2n) is 3.83. The Balaban J connectivity index is 0.00000256. The maximum absolute atomic E-state index is 11.6. The first-order chi connectivity index (χ1) is 7.72. The SMILES string of the molecule is CCOC(=O)[C@H]1CCCN(C(=NC)NC)C1.I. The molecule has 1 saturated heterocycles. The Kier molecular flexibility index (Phi) is 8.28. The molecule has 1 heterocycles. The molecule has 17 heavy (non-hydrogen) atoms. The Bertz CT molecular complexity index is 271. The smallest absolute Gasteiger partial charge is 0.310 e. The van der Waals surface area contributed by atoms with E-state index in [4.69, 9.17) is 4.74 Å². The van der Waals surface area contributed by atoms with E-state index in [1.54, 1.807) is 7.05 Å². The van der Waals surface area contributed by atoms with Crippen LogP contribution in [0.25, 0.3) is 0 Å². The van der Waals surface area contributed by atoms with Gasteiger partial charge in [0.2, 0.25) is 0 Å². The van der Waals surface area contributed by atoms with E-state index in [9.17, 15) is 4.79 Å². The minimum atomic E-state index is -0.0845. The quantitative estimate of drug-likeness (QED) is 0.349. The largest absolute Gasteiger partial charge is 0.466 e. The van der Waals surface area contributed by atoms with Crippen LogP contribution in [0.2, 0.25) is 0 Å². The molecule has 1 aliphatic heterocycles. The number of ether oxygens (including phenoxy) is 1. The fourth-order valence-electron chi connectivity index (χ4n) is 2.03. The number of carbonyl (C=O) groups excluding carboxylic acids is 1. The van der Waals surface area contributed by atoms with Gasteiger partial charge in [-0.05, 0) is 19.8 Å². The van der Waals surface area contributed by atoms with E-state index >= 15 is 0 Å². The van der Waals surface area contributed by atoms with Crippen LogP contribution in [0.15, 0.2) is 4.99 Å². The standard InChI is InChI=1S/C11H21N3O2.HI/c1-4-16-10(15)9-6-5-7-14(8-9)11(12-2)13-3;/h9H,4-8H2,1-3H3,(H,12,13);1H/t9-;/m0./s1. The fourth-order valence-corrected chi connectivity index (χ4v) is 2.03. The average molecular weight is 355 g/mol. The molecular formula is C11H22IN3O2. The lowest BCUT2D eigenvalue weighted by Gasteiger charge is -2.33. The van der Waals surface area contributed by atoms with Gasteiger partial charge in [0.15, 0.2) is 5.96 Å². The summed E-state index contributed by atoms with van der Waals surface area (Å²) in [6.07, 6.45) is 1.92. The summed E-state index contributed by atoms with van der Waals surface area (Å²) in [5.41, 5.74) is 0. The zero-order chi connectivity index (χ0) is 12.0. The number of hydrogen-bond donors (Lipinski definition) is 1. The van der Waals surface area contributed by atoms with Gasteiger partial charge in [0.05, 0.1) is 12.5 Å². The van der Waals surface area contributed by atoms with Crippen molar-refractivity contribution in [3.63, 3.8) is 0 Å². The summed E-state index contributed by atoms with van der Waals surface area (Å²) in [7, 11) is 3.59. The number of guanidine groups is 1. The van der Waals surface area contributed by atoms with E-state index in [1.165, 1.54) is 0 Å². The van der Waals surface area contributed by atoms with Gasteiger partial charge in [-0.2, -0.15) is 0 Å². The summed E-state index contributed by atoms with van der Waals surface area (Å²) in [4.78, 5) is 17.9. The molecule has 0 aromatic rings. The van der Waals surface area contributed by atoms with Gasteiger partial charge in [-0.1, -0.05) is 0 Å². The first kappa shape index (κ1) is 16.5. The van der Waals surface area contributed by atoms with Gasteiger partial charge in [0, 0.05) is 27.2 Å². The van der Waals surface area contributed by atoms with E-state index in [-0.39, 0.29) is 35.9 Å². The normalized spacial score (nSPS) is 20.5. The highest BCUT2D eigenvalue weighted by atomic mass is 127. The Morgan fingerprint density at radius 3 is 2.82 bits per heavy atom. The van der Waals surface area contributed by atoms with Crippen molar-refractivity contribution in [3.8, 4) is 0 Å². The van der Waals surface area contributed by atoms with Gasteiger partial charge in [-0.3, -0.25) is 9.79 Å². The van der Waals surface area contributed by atoms with Gasteiger partial charge in [-0.25, -0.2) is 0 Å². The highest BCUT2D eigenvalue weighted by molar-refractivity contribution is 14.0. The molecule has 0 aromatic heterocycles. The van der Waals surface area contributed by atoms with Crippen molar-refractivity contribution in [2.45, 2.75) is 19.8 Å². The highest BCUT2D eigenvalue weighted by Crippen LogP contribution is 2.17. The van der Waals surface area contributed by atoms with Crippen molar-refractivity contribution in [1.29, 1.82) is 0 Å². The lowest BCUT2D eigenvalue weighted by Crippen LogP contribution is -2.47. The van der Waals surface area contributed by atoms with Crippen molar-refractivity contribution in [2.75, 3.05) is 33.8 Å². The number of piperidine rings is 1. The van der Waals surface area contributed by atoms with Crippen LogP contribution < -0.4 is 5.32 Å². The van der Waals surface area contributed by atoms with Crippen LogP contribution in [0.3, 0.4) is 0 Å². The Morgan fingerprint density at radius 2 is 2.29 bits per heavy atom. The number of likely N-dealkylation sites (tertiary alicyclic amines) is 1. The predicted molar refractivity (Wildman–Crippen MR) is 78.8 cm³/mol. The summed E-state index contributed by atoms with van der Waals surface area (Å²) < 4.78 is 5.05. The molecule has 1 N–H and O–H groups in total. The number of esters is 1.